The zero-order valence-corrected chi connectivity index (χ0v) is 11.0. The Morgan fingerprint density at radius 2 is 2.05 bits per heavy atom. The summed E-state index contributed by atoms with van der Waals surface area (Å²) in [5, 5.41) is 0. The summed E-state index contributed by atoms with van der Waals surface area (Å²) in [6, 6.07) is 11.7. The molecule has 1 aliphatic heterocycles. The SMILES string of the molecule is Cc1ccc(C(=O)N2CCCC2c2ccco2)cc1. The van der Waals surface area contributed by atoms with Crippen LogP contribution in [0.5, 0.6) is 0 Å². The van der Waals surface area contributed by atoms with E-state index in [1.807, 2.05) is 48.2 Å². The zero-order valence-electron chi connectivity index (χ0n) is 11.0. The van der Waals surface area contributed by atoms with Crippen LogP contribution in [0.2, 0.25) is 0 Å². The Morgan fingerprint density at radius 1 is 1.26 bits per heavy atom. The lowest BCUT2D eigenvalue weighted by Crippen LogP contribution is -2.30. The Kier molecular flexibility index (Phi) is 3.11. The van der Waals surface area contributed by atoms with E-state index in [1.165, 1.54) is 5.56 Å². The normalized spacial score (nSPS) is 18.8. The van der Waals surface area contributed by atoms with Gasteiger partial charge in [-0.25, -0.2) is 0 Å². The third-order valence-corrected chi connectivity index (χ3v) is 3.68. The van der Waals surface area contributed by atoms with Crippen LogP contribution in [0.3, 0.4) is 0 Å². The minimum absolute atomic E-state index is 0.0869. The lowest BCUT2D eigenvalue weighted by Gasteiger charge is -2.23. The van der Waals surface area contributed by atoms with Crippen LogP contribution in [0.25, 0.3) is 0 Å². The van der Waals surface area contributed by atoms with Gasteiger partial charge in [0.05, 0.1) is 12.3 Å². The number of likely N-dealkylation sites (tertiary alicyclic amines) is 1. The Bertz CT molecular complexity index is 557. The Labute approximate surface area is 112 Å². The first-order valence-corrected chi connectivity index (χ1v) is 6.67. The molecular formula is C16H17NO2. The standard InChI is InChI=1S/C16H17NO2/c1-12-6-8-13(9-7-12)16(18)17-10-2-4-14(17)15-5-3-11-19-15/h3,5-9,11,14H,2,4,10H2,1H3. The molecule has 0 aliphatic carbocycles. The van der Waals surface area contributed by atoms with Gasteiger partial charge in [-0.1, -0.05) is 17.7 Å². The highest BCUT2D eigenvalue weighted by Gasteiger charge is 2.32. The van der Waals surface area contributed by atoms with Crippen LogP contribution in [0.1, 0.15) is 40.6 Å². The molecule has 1 fully saturated rings. The van der Waals surface area contributed by atoms with Gasteiger partial charge in [-0.05, 0) is 44.0 Å². The third kappa shape index (κ3) is 2.28. The first-order chi connectivity index (χ1) is 9.25. The molecular weight excluding hydrogens is 238 g/mol. The van der Waals surface area contributed by atoms with Gasteiger partial charge in [0.2, 0.25) is 0 Å². The van der Waals surface area contributed by atoms with Crippen molar-refractivity contribution in [2.24, 2.45) is 0 Å². The third-order valence-electron chi connectivity index (χ3n) is 3.68. The van der Waals surface area contributed by atoms with Gasteiger partial charge in [0.1, 0.15) is 5.76 Å². The molecule has 1 atom stereocenters. The van der Waals surface area contributed by atoms with Crippen LogP contribution in [-0.4, -0.2) is 17.4 Å². The van der Waals surface area contributed by atoms with Crippen LogP contribution in [-0.2, 0) is 0 Å². The minimum Gasteiger partial charge on any atom is -0.467 e. The first kappa shape index (κ1) is 12.0. The molecule has 2 heterocycles. The van der Waals surface area contributed by atoms with Gasteiger partial charge >= 0.3 is 0 Å². The largest absolute Gasteiger partial charge is 0.467 e. The topological polar surface area (TPSA) is 33.5 Å². The summed E-state index contributed by atoms with van der Waals surface area (Å²) in [5.41, 5.74) is 1.92. The maximum absolute atomic E-state index is 12.5. The van der Waals surface area contributed by atoms with Crippen molar-refractivity contribution in [3.63, 3.8) is 0 Å². The summed E-state index contributed by atoms with van der Waals surface area (Å²) in [7, 11) is 0. The van der Waals surface area contributed by atoms with E-state index in [2.05, 4.69) is 0 Å². The summed E-state index contributed by atoms with van der Waals surface area (Å²) in [5.74, 6) is 0.983. The maximum Gasteiger partial charge on any atom is 0.254 e. The Morgan fingerprint density at radius 3 is 2.74 bits per heavy atom. The summed E-state index contributed by atoms with van der Waals surface area (Å²) >= 11 is 0. The second-order valence-corrected chi connectivity index (χ2v) is 5.04. The lowest BCUT2D eigenvalue weighted by molar-refractivity contribution is 0.0720. The smallest absolute Gasteiger partial charge is 0.254 e. The van der Waals surface area contributed by atoms with E-state index >= 15 is 0 Å². The average molecular weight is 255 g/mol. The predicted molar refractivity (Wildman–Crippen MR) is 72.9 cm³/mol. The Hall–Kier alpha value is -2.03. The van der Waals surface area contributed by atoms with Crippen molar-refractivity contribution in [2.45, 2.75) is 25.8 Å². The summed E-state index contributed by atoms with van der Waals surface area (Å²) in [6.07, 6.45) is 3.68. The van der Waals surface area contributed by atoms with E-state index in [1.54, 1.807) is 6.26 Å². The molecule has 1 saturated heterocycles. The Balaban J connectivity index is 1.84. The quantitative estimate of drug-likeness (QED) is 0.822. The van der Waals surface area contributed by atoms with Crippen LogP contribution in [0, 0.1) is 6.92 Å². The number of rotatable bonds is 2. The molecule has 1 aromatic carbocycles. The van der Waals surface area contributed by atoms with Crippen LogP contribution in [0.15, 0.2) is 47.1 Å². The van der Waals surface area contributed by atoms with Gasteiger partial charge in [-0.2, -0.15) is 0 Å². The van der Waals surface area contributed by atoms with Gasteiger partial charge in [0, 0.05) is 12.1 Å². The molecule has 0 spiro atoms. The van der Waals surface area contributed by atoms with Gasteiger partial charge in [0.15, 0.2) is 0 Å². The fourth-order valence-electron chi connectivity index (χ4n) is 2.65. The van der Waals surface area contributed by atoms with Crippen molar-refractivity contribution in [1.29, 1.82) is 0 Å². The summed E-state index contributed by atoms with van der Waals surface area (Å²) < 4.78 is 5.46. The molecule has 0 N–H and O–H groups in total. The number of carbonyl (C=O) groups excluding carboxylic acids is 1. The number of carbonyl (C=O) groups is 1. The van der Waals surface area contributed by atoms with Gasteiger partial charge < -0.3 is 9.32 Å². The van der Waals surface area contributed by atoms with Crippen molar-refractivity contribution in [3.8, 4) is 0 Å². The van der Waals surface area contributed by atoms with Gasteiger partial charge in [-0.15, -0.1) is 0 Å². The molecule has 0 radical (unpaired) electrons. The number of furan rings is 1. The molecule has 98 valence electrons. The maximum atomic E-state index is 12.5. The first-order valence-electron chi connectivity index (χ1n) is 6.67. The van der Waals surface area contributed by atoms with E-state index in [4.69, 9.17) is 4.42 Å². The molecule has 19 heavy (non-hydrogen) atoms. The van der Waals surface area contributed by atoms with E-state index in [9.17, 15) is 4.79 Å². The molecule has 2 aromatic rings. The fraction of sp³-hybridized carbons (Fsp3) is 0.312. The second-order valence-electron chi connectivity index (χ2n) is 5.04. The number of aryl methyl sites for hydroxylation is 1. The molecule has 1 aromatic heterocycles. The second kappa shape index (κ2) is 4.92. The number of nitrogens with zero attached hydrogens (tertiary/aromatic N) is 1. The van der Waals surface area contributed by atoms with Crippen LogP contribution >= 0.6 is 0 Å². The molecule has 0 bridgehead atoms. The predicted octanol–water partition coefficient (Wildman–Crippen LogP) is 3.57. The molecule has 3 nitrogen and oxygen atoms in total. The molecule has 3 rings (SSSR count). The van der Waals surface area contributed by atoms with Crippen LogP contribution in [0.4, 0.5) is 0 Å². The van der Waals surface area contributed by atoms with Crippen LogP contribution < -0.4 is 0 Å². The van der Waals surface area contributed by atoms with Crippen molar-refractivity contribution < 1.29 is 9.21 Å². The highest BCUT2D eigenvalue weighted by atomic mass is 16.3. The van der Waals surface area contributed by atoms with Gasteiger partial charge in [0.25, 0.3) is 5.91 Å². The lowest BCUT2D eigenvalue weighted by atomic mass is 10.1. The molecule has 3 heteroatoms. The fourth-order valence-corrected chi connectivity index (χ4v) is 2.65. The van der Waals surface area contributed by atoms with E-state index in [-0.39, 0.29) is 11.9 Å². The summed E-state index contributed by atoms with van der Waals surface area (Å²) in [4.78, 5) is 14.5. The highest BCUT2D eigenvalue weighted by molar-refractivity contribution is 5.94. The van der Waals surface area contributed by atoms with E-state index in [0.29, 0.717) is 0 Å². The molecule has 1 amide bonds. The highest BCUT2D eigenvalue weighted by Crippen LogP contribution is 2.33. The molecule has 1 unspecified atom stereocenters. The summed E-state index contributed by atoms with van der Waals surface area (Å²) in [6.45, 7) is 2.83. The number of amides is 1. The molecule has 1 aliphatic rings. The van der Waals surface area contributed by atoms with E-state index < -0.39 is 0 Å². The van der Waals surface area contributed by atoms with E-state index in [0.717, 1.165) is 30.7 Å². The van der Waals surface area contributed by atoms with Crippen molar-refractivity contribution >= 4 is 5.91 Å². The number of benzene rings is 1. The average Bonchev–Trinajstić information content (AvgIpc) is 3.09. The van der Waals surface area contributed by atoms with Crippen molar-refractivity contribution in [2.75, 3.05) is 6.54 Å². The minimum atomic E-state index is 0.0869. The number of hydrogen-bond donors (Lipinski definition) is 0. The van der Waals surface area contributed by atoms with Crippen molar-refractivity contribution in [1.82, 2.24) is 4.90 Å². The number of hydrogen-bond acceptors (Lipinski definition) is 2. The van der Waals surface area contributed by atoms with Crippen molar-refractivity contribution in [3.05, 3.63) is 59.5 Å². The zero-order chi connectivity index (χ0) is 13.2. The van der Waals surface area contributed by atoms with Gasteiger partial charge in [-0.3, -0.25) is 4.79 Å². The molecule has 0 saturated carbocycles. The monoisotopic (exact) mass is 255 g/mol.